The number of rotatable bonds is 5. The molecule has 1 heterocycles. The second kappa shape index (κ2) is 9.69. The number of nitrogens with one attached hydrogen (secondary N) is 3. The minimum absolute atomic E-state index is 0.395. The summed E-state index contributed by atoms with van der Waals surface area (Å²) in [6.07, 6.45) is 6.04. The van der Waals surface area contributed by atoms with Gasteiger partial charge in [0.25, 0.3) is 0 Å². The van der Waals surface area contributed by atoms with E-state index >= 15 is 0 Å². The van der Waals surface area contributed by atoms with Gasteiger partial charge in [-0.15, -0.1) is 5.10 Å². The summed E-state index contributed by atoms with van der Waals surface area (Å²) < 4.78 is 1.73. The summed E-state index contributed by atoms with van der Waals surface area (Å²) in [7, 11) is 0. The Morgan fingerprint density at radius 2 is 1.43 bits per heavy atom. The van der Waals surface area contributed by atoms with Crippen molar-refractivity contribution in [3.63, 3.8) is 0 Å². The van der Waals surface area contributed by atoms with Crippen LogP contribution in [0.4, 0.5) is 23.0 Å². The number of hydrogen-bond acceptors (Lipinski definition) is 4. The highest BCUT2D eigenvalue weighted by Crippen LogP contribution is 2.25. The highest BCUT2D eigenvalue weighted by molar-refractivity contribution is 7.80. The first kappa shape index (κ1) is 21.0. The molecule has 0 unspecified atom stereocenters. The molecule has 1 aliphatic rings. The summed E-state index contributed by atoms with van der Waals surface area (Å²) in [6, 6.07) is 17.3. The molecular weight excluding hydrogens is 437 g/mol. The van der Waals surface area contributed by atoms with E-state index in [-0.39, 0.29) is 0 Å². The van der Waals surface area contributed by atoms with E-state index in [4.69, 9.17) is 35.4 Å². The zero-order valence-corrected chi connectivity index (χ0v) is 18.7. The largest absolute Gasteiger partial charge is 0.358 e. The molecule has 0 aliphatic heterocycles. The number of hydrogen-bond donors (Lipinski definition) is 3. The lowest BCUT2D eigenvalue weighted by molar-refractivity contribution is 0.412. The highest BCUT2D eigenvalue weighted by atomic mass is 35.5. The second-order valence-electron chi connectivity index (χ2n) is 7.37. The lowest BCUT2D eigenvalue weighted by atomic mass is 9.96. The van der Waals surface area contributed by atoms with Crippen molar-refractivity contribution in [1.29, 1.82) is 0 Å². The monoisotopic (exact) mass is 459 g/mol. The van der Waals surface area contributed by atoms with Crippen molar-refractivity contribution in [3.8, 4) is 0 Å². The predicted molar refractivity (Wildman–Crippen MR) is 130 cm³/mol. The molecule has 1 aliphatic carbocycles. The molecule has 0 spiro atoms. The molecule has 0 radical (unpaired) electrons. The maximum Gasteiger partial charge on any atom is 0.196 e. The van der Waals surface area contributed by atoms with Gasteiger partial charge in [-0.05, 0) is 73.6 Å². The maximum atomic E-state index is 6.01. The predicted octanol–water partition coefficient (Wildman–Crippen LogP) is 6.73. The minimum atomic E-state index is 0.395. The van der Waals surface area contributed by atoms with Crippen LogP contribution in [-0.4, -0.2) is 20.9 Å². The van der Waals surface area contributed by atoms with Crippen LogP contribution in [0.3, 0.4) is 0 Å². The van der Waals surface area contributed by atoms with E-state index in [1.807, 2.05) is 54.6 Å². The average molecular weight is 460 g/mol. The van der Waals surface area contributed by atoms with E-state index in [0.29, 0.717) is 27.0 Å². The Hall–Kier alpha value is -2.28. The molecule has 1 saturated carbocycles. The van der Waals surface area contributed by atoms with Gasteiger partial charge in [0.2, 0.25) is 0 Å². The van der Waals surface area contributed by atoms with E-state index in [1.165, 1.54) is 19.3 Å². The third-order valence-corrected chi connectivity index (χ3v) is 5.86. The Balaban J connectivity index is 1.57. The van der Waals surface area contributed by atoms with Crippen LogP contribution >= 0.6 is 35.4 Å². The molecular formula is C22H23Cl2N5S. The van der Waals surface area contributed by atoms with Gasteiger partial charge >= 0.3 is 0 Å². The number of benzene rings is 2. The Bertz CT molecular complexity index is 995. The van der Waals surface area contributed by atoms with Crippen LogP contribution in [0.1, 0.15) is 32.1 Å². The van der Waals surface area contributed by atoms with Crippen LogP contribution in [0.2, 0.25) is 10.0 Å². The molecule has 8 heteroatoms. The van der Waals surface area contributed by atoms with Crippen LogP contribution in [0.15, 0.2) is 54.6 Å². The Kier molecular flexibility index (Phi) is 6.77. The van der Waals surface area contributed by atoms with Crippen LogP contribution in [0.5, 0.6) is 0 Å². The lowest BCUT2D eigenvalue weighted by Crippen LogP contribution is -2.39. The van der Waals surface area contributed by atoms with Gasteiger partial charge in [-0.3, -0.25) is 0 Å². The summed E-state index contributed by atoms with van der Waals surface area (Å²) in [5, 5.41) is 16.8. The fourth-order valence-electron chi connectivity index (χ4n) is 3.53. The van der Waals surface area contributed by atoms with Gasteiger partial charge in [0.1, 0.15) is 5.82 Å². The summed E-state index contributed by atoms with van der Waals surface area (Å²) in [5.74, 6) is 1.45. The first-order chi connectivity index (χ1) is 14.6. The van der Waals surface area contributed by atoms with Gasteiger partial charge in [0, 0.05) is 33.5 Å². The maximum absolute atomic E-state index is 6.01. The number of halogens is 2. The van der Waals surface area contributed by atoms with Crippen molar-refractivity contribution < 1.29 is 0 Å². The topological polar surface area (TPSA) is 53.9 Å². The third-order valence-electron chi connectivity index (χ3n) is 5.07. The Morgan fingerprint density at radius 1 is 0.867 bits per heavy atom. The molecule has 0 bridgehead atoms. The fraction of sp³-hybridized carbons (Fsp3) is 0.273. The molecule has 0 saturated heterocycles. The van der Waals surface area contributed by atoms with E-state index in [0.717, 1.165) is 30.0 Å². The molecule has 156 valence electrons. The first-order valence-corrected chi connectivity index (χ1v) is 11.2. The molecule has 4 rings (SSSR count). The van der Waals surface area contributed by atoms with Gasteiger partial charge in [0.15, 0.2) is 10.9 Å². The number of aromatic nitrogens is 2. The highest BCUT2D eigenvalue weighted by Gasteiger charge is 2.18. The first-order valence-electron chi connectivity index (χ1n) is 10.0. The van der Waals surface area contributed by atoms with Crippen molar-refractivity contribution in [2.75, 3.05) is 10.6 Å². The zero-order chi connectivity index (χ0) is 20.9. The van der Waals surface area contributed by atoms with Crippen LogP contribution < -0.4 is 16.0 Å². The molecule has 0 amide bonds. The van der Waals surface area contributed by atoms with Crippen LogP contribution in [0.25, 0.3) is 0 Å². The lowest BCUT2D eigenvalue weighted by Gasteiger charge is -2.24. The average Bonchev–Trinajstić information content (AvgIpc) is 3.14. The molecule has 3 aromatic rings. The number of anilines is 4. The van der Waals surface area contributed by atoms with Gasteiger partial charge in [-0.2, -0.15) is 4.68 Å². The summed E-state index contributed by atoms with van der Waals surface area (Å²) >= 11 is 17.7. The third kappa shape index (κ3) is 5.45. The summed E-state index contributed by atoms with van der Waals surface area (Å²) in [4.78, 5) is 0. The fourth-order valence-corrected chi connectivity index (χ4v) is 4.09. The van der Waals surface area contributed by atoms with Crippen molar-refractivity contribution in [3.05, 3.63) is 64.6 Å². The number of thiocarbonyl (C=S) groups is 1. The van der Waals surface area contributed by atoms with Crippen LogP contribution in [0, 0.1) is 0 Å². The standard InChI is InChI=1S/C22H23Cl2N5S/c23-15-6-10-18(11-7-15)25-20-14-21(26-19-12-8-16(24)9-13-19)29(28-20)22(30)27-17-4-2-1-3-5-17/h6-14,17,26H,1-5H2,(H,25,28)(H,27,30). The van der Waals surface area contributed by atoms with Gasteiger partial charge in [-0.1, -0.05) is 42.5 Å². The van der Waals surface area contributed by atoms with Crippen molar-refractivity contribution in [1.82, 2.24) is 15.1 Å². The summed E-state index contributed by atoms with van der Waals surface area (Å²) in [6.45, 7) is 0. The molecule has 1 aromatic heterocycles. The quantitative estimate of drug-likeness (QED) is 0.369. The Morgan fingerprint density at radius 3 is 2.03 bits per heavy atom. The smallest absolute Gasteiger partial charge is 0.196 e. The molecule has 2 aromatic carbocycles. The van der Waals surface area contributed by atoms with E-state index in [9.17, 15) is 0 Å². The molecule has 3 N–H and O–H groups in total. The summed E-state index contributed by atoms with van der Waals surface area (Å²) in [5.41, 5.74) is 1.80. The van der Waals surface area contributed by atoms with Crippen molar-refractivity contribution >= 4 is 63.5 Å². The molecule has 30 heavy (non-hydrogen) atoms. The molecule has 5 nitrogen and oxygen atoms in total. The normalized spacial score (nSPS) is 14.3. The van der Waals surface area contributed by atoms with Crippen molar-refractivity contribution in [2.45, 2.75) is 38.1 Å². The molecule has 1 fully saturated rings. The van der Waals surface area contributed by atoms with Gasteiger partial charge in [0.05, 0.1) is 0 Å². The van der Waals surface area contributed by atoms with Gasteiger partial charge in [-0.25, -0.2) is 0 Å². The SMILES string of the molecule is S=C(NC1CCCCC1)n1nc(Nc2ccc(Cl)cc2)cc1Nc1ccc(Cl)cc1. The molecule has 0 atom stereocenters. The zero-order valence-electron chi connectivity index (χ0n) is 16.4. The number of nitrogens with zero attached hydrogens (tertiary/aromatic N) is 2. The second-order valence-corrected chi connectivity index (χ2v) is 8.63. The van der Waals surface area contributed by atoms with Gasteiger partial charge < -0.3 is 16.0 Å². The van der Waals surface area contributed by atoms with E-state index in [2.05, 4.69) is 21.0 Å². The minimum Gasteiger partial charge on any atom is -0.358 e. The Labute approximate surface area is 191 Å². The van der Waals surface area contributed by atoms with Crippen molar-refractivity contribution in [2.24, 2.45) is 0 Å². The van der Waals surface area contributed by atoms with Crippen LogP contribution in [-0.2, 0) is 0 Å². The van der Waals surface area contributed by atoms with E-state index in [1.54, 1.807) is 4.68 Å². The van der Waals surface area contributed by atoms with E-state index < -0.39 is 0 Å².